The van der Waals surface area contributed by atoms with Crippen molar-refractivity contribution in [1.82, 2.24) is 10.2 Å². The first kappa shape index (κ1) is 13.9. The van der Waals surface area contributed by atoms with Crippen LogP contribution in [-0.2, 0) is 11.3 Å². The Kier molecular flexibility index (Phi) is 4.55. The van der Waals surface area contributed by atoms with E-state index in [0.717, 1.165) is 38.5 Å². The molecule has 2 unspecified atom stereocenters. The highest BCUT2D eigenvalue weighted by Gasteiger charge is 2.27. The van der Waals surface area contributed by atoms with E-state index in [1.165, 1.54) is 18.4 Å². The average molecular weight is 276 g/mol. The number of benzene rings is 1. The van der Waals surface area contributed by atoms with Gasteiger partial charge in [-0.15, -0.1) is 0 Å². The van der Waals surface area contributed by atoms with E-state index in [0.29, 0.717) is 12.2 Å². The van der Waals surface area contributed by atoms with Crippen molar-refractivity contribution < 1.29 is 9.47 Å². The van der Waals surface area contributed by atoms with Crippen molar-refractivity contribution in [2.45, 2.75) is 31.6 Å². The van der Waals surface area contributed by atoms with Gasteiger partial charge in [-0.25, -0.2) is 0 Å². The van der Waals surface area contributed by atoms with Crippen LogP contribution in [0.5, 0.6) is 5.75 Å². The number of hydrogen-bond acceptors (Lipinski definition) is 4. The van der Waals surface area contributed by atoms with Crippen LogP contribution in [0.3, 0.4) is 0 Å². The number of fused-ring (bicyclic) bond motifs is 1. The van der Waals surface area contributed by atoms with Gasteiger partial charge in [0.2, 0.25) is 0 Å². The molecule has 1 aromatic carbocycles. The molecule has 4 nitrogen and oxygen atoms in total. The van der Waals surface area contributed by atoms with Gasteiger partial charge in [-0.05, 0) is 26.0 Å². The van der Waals surface area contributed by atoms with E-state index in [1.54, 1.807) is 0 Å². The molecule has 0 spiro atoms. The van der Waals surface area contributed by atoms with Gasteiger partial charge < -0.3 is 14.8 Å². The SMILES string of the molecule is CNCC1CCC(CN2CCOc3ccccc3C2)O1. The van der Waals surface area contributed by atoms with E-state index >= 15 is 0 Å². The summed E-state index contributed by atoms with van der Waals surface area (Å²) in [7, 11) is 1.99. The first-order chi connectivity index (χ1) is 9.85. The summed E-state index contributed by atoms with van der Waals surface area (Å²) in [5, 5.41) is 3.20. The second kappa shape index (κ2) is 6.57. The molecule has 0 aromatic heterocycles. The zero-order chi connectivity index (χ0) is 13.8. The molecule has 0 aliphatic carbocycles. The molecule has 0 bridgehead atoms. The Balaban J connectivity index is 1.56. The quantitative estimate of drug-likeness (QED) is 0.906. The summed E-state index contributed by atoms with van der Waals surface area (Å²) in [5.74, 6) is 1.04. The number of likely N-dealkylation sites (N-methyl/N-ethyl adjacent to an activating group) is 1. The minimum atomic E-state index is 0.374. The van der Waals surface area contributed by atoms with Crippen LogP contribution >= 0.6 is 0 Å². The lowest BCUT2D eigenvalue weighted by Crippen LogP contribution is -2.34. The van der Waals surface area contributed by atoms with Crippen molar-refractivity contribution in [2.24, 2.45) is 0 Å². The Labute approximate surface area is 121 Å². The Bertz CT molecular complexity index is 438. The number of nitrogens with zero attached hydrogens (tertiary/aromatic N) is 1. The molecule has 2 aliphatic heterocycles. The molecule has 2 aliphatic rings. The highest BCUT2D eigenvalue weighted by Crippen LogP contribution is 2.25. The molecule has 20 heavy (non-hydrogen) atoms. The van der Waals surface area contributed by atoms with Gasteiger partial charge in [0, 0.05) is 31.7 Å². The molecule has 1 aromatic rings. The lowest BCUT2D eigenvalue weighted by atomic mass is 10.1. The molecule has 1 N–H and O–H groups in total. The normalized spacial score (nSPS) is 26.9. The van der Waals surface area contributed by atoms with Crippen LogP contribution in [0.4, 0.5) is 0 Å². The lowest BCUT2D eigenvalue weighted by Gasteiger charge is -2.23. The van der Waals surface area contributed by atoms with Crippen molar-refractivity contribution >= 4 is 0 Å². The van der Waals surface area contributed by atoms with Crippen molar-refractivity contribution in [3.63, 3.8) is 0 Å². The lowest BCUT2D eigenvalue weighted by molar-refractivity contribution is 0.0218. The van der Waals surface area contributed by atoms with Crippen LogP contribution in [0.2, 0.25) is 0 Å². The fraction of sp³-hybridized carbons (Fsp3) is 0.625. The fourth-order valence-corrected chi connectivity index (χ4v) is 3.12. The molecule has 0 radical (unpaired) electrons. The molecule has 0 amide bonds. The topological polar surface area (TPSA) is 33.7 Å². The second-order valence-corrected chi connectivity index (χ2v) is 5.71. The van der Waals surface area contributed by atoms with E-state index < -0.39 is 0 Å². The third kappa shape index (κ3) is 3.32. The van der Waals surface area contributed by atoms with E-state index in [9.17, 15) is 0 Å². The molecule has 0 saturated carbocycles. The van der Waals surface area contributed by atoms with Crippen LogP contribution in [0.1, 0.15) is 18.4 Å². The Morgan fingerprint density at radius 3 is 3.00 bits per heavy atom. The Morgan fingerprint density at radius 1 is 1.25 bits per heavy atom. The number of hydrogen-bond donors (Lipinski definition) is 1. The molecular weight excluding hydrogens is 252 g/mol. The zero-order valence-corrected chi connectivity index (χ0v) is 12.2. The van der Waals surface area contributed by atoms with Crippen molar-refractivity contribution in [2.75, 3.05) is 33.3 Å². The van der Waals surface area contributed by atoms with E-state index in [4.69, 9.17) is 9.47 Å². The van der Waals surface area contributed by atoms with Gasteiger partial charge in [0.15, 0.2) is 0 Å². The van der Waals surface area contributed by atoms with Crippen molar-refractivity contribution in [1.29, 1.82) is 0 Å². The average Bonchev–Trinajstić information content (AvgIpc) is 2.78. The van der Waals surface area contributed by atoms with Crippen LogP contribution in [-0.4, -0.2) is 50.4 Å². The molecule has 2 atom stereocenters. The maximum atomic E-state index is 6.09. The summed E-state index contributed by atoms with van der Waals surface area (Å²) >= 11 is 0. The smallest absolute Gasteiger partial charge is 0.123 e. The first-order valence-corrected chi connectivity index (χ1v) is 7.58. The second-order valence-electron chi connectivity index (χ2n) is 5.71. The highest BCUT2D eigenvalue weighted by atomic mass is 16.5. The number of nitrogens with one attached hydrogen (secondary N) is 1. The first-order valence-electron chi connectivity index (χ1n) is 7.58. The van der Waals surface area contributed by atoms with Crippen LogP contribution in [0.15, 0.2) is 24.3 Å². The number of para-hydroxylation sites is 1. The summed E-state index contributed by atoms with van der Waals surface area (Å²) in [4.78, 5) is 2.46. The fourth-order valence-electron chi connectivity index (χ4n) is 3.12. The molecule has 2 heterocycles. The van der Waals surface area contributed by atoms with Gasteiger partial charge in [-0.1, -0.05) is 18.2 Å². The van der Waals surface area contributed by atoms with Crippen molar-refractivity contribution in [3.05, 3.63) is 29.8 Å². The summed E-state index contributed by atoms with van der Waals surface area (Å²) < 4.78 is 11.9. The van der Waals surface area contributed by atoms with Crippen LogP contribution in [0, 0.1) is 0 Å². The van der Waals surface area contributed by atoms with Gasteiger partial charge in [-0.2, -0.15) is 0 Å². The number of ether oxygens (including phenoxy) is 2. The predicted molar refractivity (Wildman–Crippen MR) is 79.0 cm³/mol. The molecule has 3 rings (SSSR count). The highest BCUT2D eigenvalue weighted by molar-refractivity contribution is 5.33. The minimum absolute atomic E-state index is 0.374. The van der Waals surface area contributed by atoms with Crippen molar-refractivity contribution in [3.8, 4) is 5.75 Å². The Hall–Kier alpha value is -1.10. The van der Waals surface area contributed by atoms with Gasteiger partial charge in [-0.3, -0.25) is 4.90 Å². The third-order valence-electron chi connectivity index (χ3n) is 4.12. The third-order valence-corrected chi connectivity index (χ3v) is 4.12. The van der Waals surface area contributed by atoms with Gasteiger partial charge in [0.25, 0.3) is 0 Å². The monoisotopic (exact) mass is 276 g/mol. The zero-order valence-electron chi connectivity index (χ0n) is 12.2. The minimum Gasteiger partial charge on any atom is -0.492 e. The summed E-state index contributed by atoms with van der Waals surface area (Å²) in [6.07, 6.45) is 3.11. The molecule has 1 fully saturated rings. The van der Waals surface area contributed by atoms with Gasteiger partial charge >= 0.3 is 0 Å². The molecule has 4 heteroatoms. The number of rotatable bonds is 4. The van der Waals surface area contributed by atoms with E-state index in [2.05, 4.69) is 28.4 Å². The summed E-state index contributed by atoms with van der Waals surface area (Å²) in [5.41, 5.74) is 1.29. The molecule has 110 valence electrons. The van der Waals surface area contributed by atoms with Crippen LogP contribution < -0.4 is 10.1 Å². The molecule has 1 saturated heterocycles. The predicted octanol–water partition coefficient (Wildman–Crippen LogP) is 1.65. The molecular formula is C16H24N2O2. The van der Waals surface area contributed by atoms with E-state index in [1.807, 2.05) is 13.1 Å². The van der Waals surface area contributed by atoms with Crippen LogP contribution in [0.25, 0.3) is 0 Å². The van der Waals surface area contributed by atoms with Gasteiger partial charge in [0.05, 0.1) is 12.2 Å². The Morgan fingerprint density at radius 2 is 2.10 bits per heavy atom. The maximum Gasteiger partial charge on any atom is 0.123 e. The van der Waals surface area contributed by atoms with Gasteiger partial charge in [0.1, 0.15) is 12.4 Å². The largest absolute Gasteiger partial charge is 0.492 e. The summed E-state index contributed by atoms with van der Waals surface area (Å²) in [6.45, 7) is 4.68. The van der Waals surface area contributed by atoms with E-state index in [-0.39, 0.29) is 0 Å². The standard InChI is InChI=1S/C16H24N2O2/c1-17-10-14-6-7-15(20-14)12-18-8-9-19-16-5-3-2-4-13(16)11-18/h2-5,14-15,17H,6-12H2,1H3. The summed E-state index contributed by atoms with van der Waals surface area (Å²) in [6, 6.07) is 8.35. The maximum absolute atomic E-state index is 6.09.